The molecule has 0 aromatic rings. The van der Waals surface area contributed by atoms with Crippen LogP contribution in [0.5, 0.6) is 0 Å². The van der Waals surface area contributed by atoms with Crippen molar-refractivity contribution in [2.24, 2.45) is 0 Å². The van der Waals surface area contributed by atoms with Gasteiger partial charge in [-0.15, -0.1) is 0 Å². The van der Waals surface area contributed by atoms with Crippen molar-refractivity contribution in [2.45, 2.75) is 0 Å². The summed E-state index contributed by atoms with van der Waals surface area (Å²) in [6.45, 7) is 0. The Hall–Kier alpha value is 0.346. The van der Waals surface area contributed by atoms with E-state index in [4.69, 9.17) is 16.9 Å². The minimum atomic E-state index is -4.38. The van der Waals surface area contributed by atoms with E-state index in [9.17, 15) is 0 Å². The van der Waals surface area contributed by atoms with E-state index in [-0.39, 0.29) is 0 Å². The third kappa shape index (κ3) is 199. The first-order chi connectivity index (χ1) is 2.00. The van der Waals surface area contributed by atoms with Crippen LogP contribution in [0.15, 0.2) is 0 Å². The summed E-state index contributed by atoms with van der Waals surface area (Å²) in [5.41, 5.74) is 0. The molecule has 0 fully saturated rings. The van der Waals surface area contributed by atoms with Gasteiger partial charge in [-0.05, 0) is 0 Å². The molecule has 0 saturated heterocycles. The van der Waals surface area contributed by atoms with Gasteiger partial charge in [-0.1, -0.05) is 0 Å². The molecule has 0 atom stereocenters. The topological polar surface area (TPSA) is 80.9 Å². The van der Waals surface area contributed by atoms with Crippen LogP contribution >= 0.6 is 0 Å². The van der Waals surface area contributed by atoms with Gasteiger partial charge in [-0.3, -0.25) is 0 Å². The summed E-state index contributed by atoms with van der Waals surface area (Å²) in [7, 11) is 0. The zero-order chi connectivity index (χ0) is 4.50. The molecule has 0 radical (unpaired) electrons. The Balaban J connectivity index is 3.02. The van der Waals surface area contributed by atoms with Crippen molar-refractivity contribution in [1.29, 1.82) is 0 Å². The van der Waals surface area contributed by atoms with E-state index in [1.165, 1.54) is 0 Å². The molecule has 0 aliphatic heterocycles. The van der Waals surface area contributed by atoms with Crippen molar-refractivity contribution in [3.05, 3.63) is 0 Å². The van der Waals surface area contributed by atoms with E-state index in [0.29, 0.717) is 0 Å². The van der Waals surface area contributed by atoms with Crippen LogP contribution in [0.1, 0.15) is 0 Å². The fourth-order valence-electron chi connectivity index (χ4n) is 0. The van der Waals surface area contributed by atoms with Crippen LogP contribution in [0.25, 0.3) is 0 Å². The van der Waals surface area contributed by atoms with Crippen LogP contribution in [0, 0.1) is 0 Å². The monoisotopic (exact) mass is 127 g/mol. The molecule has 0 aliphatic carbocycles. The fraction of sp³-hybridized carbons (Fsp3) is 0. The van der Waals surface area contributed by atoms with Gasteiger partial charge in [-0.2, -0.15) is 0 Å². The molecule has 5 heavy (non-hydrogen) atoms. The summed E-state index contributed by atoms with van der Waals surface area (Å²) in [5, 5.41) is 0. The first kappa shape index (κ1) is 5.35. The van der Waals surface area contributed by atoms with Crippen molar-refractivity contribution in [2.75, 3.05) is 0 Å². The fourth-order valence-corrected chi connectivity index (χ4v) is 0. The molecule has 0 aromatic carbocycles. The Bertz CT molecular complexity index is 19.1. The molecule has 0 aliphatic rings. The summed E-state index contributed by atoms with van der Waals surface area (Å²) in [5.74, 6) is 0. The van der Waals surface area contributed by atoms with Gasteiger partial charge in [0.1, 0.15) is 0 Å². The Morgan fingerprint density at radius 1 is 0.800 bits per heavy atom. The second kappa shape index (κ2) is 1.21. The van der Waals surface area contributed by atoms with Crippen molar-refractivity contribution in [3.63, 3.8) is 0 Å². The molecular weight excluding hydrogens is 123 g/mol. The molecule has 0 aromatic heterocycles. The van der Waals surface area contributed by atoms with Crippen molar-refractivity contribution in [3.8, 4) is 0 Å². The normalized spacial score (nSPS) is 15.2. The van der Waals surface area contributed by atoms with Gasteiger partial charge < -0.3 is 0 Å². The van der Waals surface area contributed by atoms with Gasteiger partial charge in [-0.25, -0.2) is 0 Å². The number of hydrogen-bond acceptors (Lipinski definition) is 4. The van der Waals surface area contributed by atoms with E-state index in [1.54, 1.807) is 0 Å². The van der Waals surface area contributed by atoms with Crippen LogP contribution in [0.3, 0.4) is 0 Å². The molecule has 4 nitrogen and oxygen atoms in total. The van der Waals surface area contributed by atoms with Crippen molar-refractivity contribution < 1.29 is 30.8 Å². The molecule has 5 heteroatoms. The van der Waals surface area contributed by atoms with E-state index in [2.05, 4.69) is 0 Å². The third-order valence-corrected chi connectivity index (χ3v) is 0. The summed E-state index contributed by atoms with van der Waals surface area (Å²) in [6, 6.07) is 0. The molecule has 0 rings (SSSR count). The standard InChI is InChI=1S/Co.4H2O/h;4*1H2/q+4;;;;/p-4. The van der Waals surface area contributed by atoms with Gasteiger partial charge in [0.25, 0.3) is 0 Å². The molecule has 4 N–H and O–H groups in total. The second-order valence-electron chi connectivity index (χ2n) is 0.400. The van der Waals surface area contributed by atoms with Crippen LogP contribution in [-0.4, -0.2) is 16.9 Å². The van der Waals surface area contributed by atoms with Gasteiger partial charge in [0.15, 0.2) is 0 Å². The zero-order valence-electron chi connectivity index (χ0n) is 2.12. The maximum atomic E-state index is 7.30. The van der Waals surface area contributed by atoms with Crippen molar-refractivity contribution in [1.82, 2.24) is 0 Å². The Morgan fingerprint density at radius 2 is 0.800 bits per heavy atom. The first-order valence-electron chi connectivity index (χ1n) is 0.596. The molecule has 0 spiro atoms. The Labute approximate surface area is 31.7 Å². The predicted octanol–water partition coefficient (Wildman–Crippen LogP) is -2.23. The van der Waals surface area contributed by atoms with Gasteiger partial charge in [0.05, 0.1) is 0 Å². The number of rotatable bonds is 0. The summed E-state index contributed by atoms with van der Waals surface area (Å²) < 4.78 is 29.2. The maximum absolute atomic E-state index is 7.30. The molecular formula is H4CoO4. The van der Waals surface area contributed by atoms with E-state index in [1.807, 2.05) is 0 Å². The first-order valence-corrected chi connectivity index (χ1v) is 2.46. The van der Waals surface area contributed by atoms with Crippen LogP contribution < -0.4 is 0 Å². The van der Waals surface area contributed by atoms with Crippen molar-refractivity contribution >= 4 is 0 Å². The van der Waals surface area contributed by atoms with E-state index in [0.717, 1.165) is 0 Å². The molecule has 0 unspecified atom stereocenters. The molecule has 0 saturated carbocycles. The van der Waals surface area contributed by atoms with Gasteiger partial charge in [0.2, 0.25) is 0 Å². The zero-order valence-corrected chi connectivity index (χ0v) is 3.16. The van der Waals surface area contributed by atoms with Crippen LogP contribution in [-0.2, 0) is 13.9 Å². The van der Waals surface area contributed by atoms with E-state index < -0.39 is 13.9 Å². The van der Waals surface area contributed by atoms with E-state index >= 15 is 0 Å². The van der Waals surface area contributed by atoms with Gasteiger partial charge in [0, 0.05) is 0 Å². The summed E-state index contributed by atoms with van der Waals surface area (Å²) in [6.07, 6.45) is 0. The summed E-state index contributed by atoms with van der Waals surface area (Å²) in [4.78, 5) is 0. The Kier molecular flexibility index (Phi) is 1.29. The van der Waals surface area contributed by atoms with Crippen LogP contribution in [0.2, 0.25) is 0 Å². The Morgan fingerprint density at radius 3 is 0.800 bits per heavy atom. The summed E-state index contributed by atoms with van der Waals surface area (Å²) >= 11 is -4.38. The average Bonchev–Trinajstić information content (AvgIpc) is 0.722. The molecule has 0 bridgehead atoms. The van der Waals surface area contributed by atoms with Gasteiger partial charge >= 0.3 is 30.8 Å². The molecule has 0 amide bonds. The quantitative estimate of drug-likeness (QED) is 0.297. The second-order valence-corrected chi connectivity index (χ2v) is 1.65. The SMILES string of the molecule is [OH][Co]([OH])([OH])[OH]. The average molecular weight is 127 g/mol. The number of hydrogen-bond donors (Lipinski definition) is 4. The predicted molar refractivity (Wildman–Crippen MR) is 8.88 cm³/mol. The molecule has 37 valence electrons. The molecule has 0 heterocycles. The van der Waals surface area contributed by atoms with Crippen LogP contribution in [0.4, 0.5) is 0 Å². The minimum absolute atomic E-state index is 4.38. The third-order valence-electron chi connectivity index (χ3n) is 0.